The Kier molecular flexibility index (Phi) is 10.1. The van der Waals surface area contributed by atoms with E-state index < -0.39 is 6.04 Å². The summed E-state index contributed by atoms with van der Waals surface area (Å²) in [6.07, 6.45) is 0.393. The molecule has 6 nitrogen and oxygen atoms in total. The molecule has 3 rings (SSSR count). The third kappa shape index (κ3) is 8.10. The fraction of sp³-hybridized carbons (Fsp3) is 0.355. The van der Waals surface area contributed by atoms with Crippen molar-refractivity contribution >= 4 is 11.8 Å². The third-order valence-corrected chi connectivity index (χ3v) is 6.35. The lowest BCUT2D eigenvalue weighted by Gasteiger charge is -2.32. The predicted octanol–water partition coefficient (Wildman–Crippen LogP) is 5.10. The van der Waals surface area contributed by atoms with Crippen LogP contribution in [0.25, 0.3) is 0 Å². The number of methoxy groups -OCH3 is 1. The molecule has 2 amide bonds. The van der Waals surface area contributed by atoms with Gasteiger partial charge in [0.1, 0.15) is 17.5 Å². The largest absolute Gasteiger partial charge is 0.497 e. The number of ether oxygens (including phenoxy) is 2. The normalized spacial score (nSPS) is 11.6. The lowest BCUT2D eigenvalue weighted by molar-refractivity contribution is -0.142. The summed E-state index contributed by atoms with van der Waals surface area (Å²) in [7, 11) is 1.61. The van der Waals surface area contributed by atoms with Crippen LogP contribution in [-0.4, -0.2) is 43.0 Å². The number of carbonyl (C=O) groups excluding carboxylic acids is 2. The Hall–Kier alpha value is -3.80. The van der Waals surface area contributed by atoms with Crippen molar-refractivity contribution in [3.63, 3.8) is 0 Å². The summed E-state index contributed by atoms with van der Waals surface area (Å²) in [6, 6.07) is 22.4. The van der Waals surface area contributed by atoms with Gasteiger partial charge in [-0.05, 0) is 60.2 Å². The highest BCUT2D eigenvalue weighted by atomic mass is 16.5. The molecular weight excluding hydrogens is 464 g/mol. The Labute approximate surface area is 220 Å². The number of hydrogen-bond donors (Lipinski definition) is 1. The van der Waals surface area contributed by atoms with E-state index in [1.54, 1.807) is 12.0 Å². The van der Waals surface area contributed by atoms with Crippen molar-refractivity contribution in [2.24, 2.45) is 5.92 Å². The minimum Gasteiger partial charge on any atom is -0.497 e. The van der Waals surface area contributed by atoms with E-state index in [9.17, 15) is 9.59 Å². The Morgan fingerprint density at radius 2 is 1.62 bits per heavy atom. The van der Waals surface area contributed by atoms with Crippen LogP contribution in [0.4, 0.5) is 0 Å². The molecule has 3 aromatic rings. The Morgan fingerprint density at radius 1 is 0.919 bits per heavy atom. The van der Waals surface area contributed by atoms with E-state index in [1.807, 2.05) is 100 Å². The first-order chi connectivity index (χ1) is 17.8. The fourth-order valence-electron chi connectivity index (χ4n) is 4.05. The van der Waals surface area contributed by atoms with Crippen LogP contribution >= 0.6 is 0 Å². The highest BCUT2D eigenvalue weighted by Gasteiger charge is 2.31. The average Bonchev–Trinajstić information content (AvgIpc) is 2.90. The lowest BCUT2D eigenvalue weighted by atomic mass is 10.0. The molecule has 1 N–H and O–H groups in total. The molecule has 0 aliphatic rings. The number of hydrogen-bond acceptors (Lipinski definition) is 4. The first kappa shape index (κ1) is 27.8. The second-order valence-electron chi connectivity index (χ2n) is 9.70. The van der Waals surface area contributed by atoms with Crippen LogP contribution in [0.5, 0.6) is 11.5 Å². The summed E-state index contributed by atoms with van der Waals surface area (Å²) in [5, 5.41) is 3.04. The van der Waals surface area contributed by atoms with Gasteiger partial charge in [0.2, 0.25) is 5.91 Å². The zero-order valence-corrected chi connectivity index (χ0v) is 22.5. The van der Waals surface area contributed by atoms with Crippen molar-refractivity contribution in [1.29, 1.82) is 0 Å². The molecule has 0 unspecified atom stereocenters. The van der Waals surface area contributed by atoms with Gasteiger partial charge < -0.3 is 19.7 Å². The summed E-state index contributed by atoms with van der Waals surface area (Å²) in [6.45, 7) is 8.68. The number of aryl methyl sites for hydroxylation is 1. The highest BCUT2D eigenvalue weighted by molar-refractivity contribution is 5.88. The summed E-state index contributed by atoms with van der Waals surface area (Å²) in [5.41, 5.74) is 3.93. The molecule has 0 heterocycles. The van der Waals surface area contributed by atoms with Crippen LogP contribution in [0, 0.1) is 19.8 Å². The first-order valence-electron chi connectivity index (χ1n) is 12.7. The molecule has 0 aromatic heterocycles. The maximum absolute atomic E-state index is 13.7. The van der Waals surface area contributed by atoms with E-state index in [0.717, 1.165) is 22.3 Å². The molecule has 37 heavy (non-hydrogen) atoms. The second kappa shape index (κ2) is 13.5. The maximum atomic E-state index is 13.7. The highest BCUT2D eigenvalue weighted by Crippen LogP contribution is 2.22. The van der Waals surface area contributed by atoms with Crippen molar-refractivity contribution in [3.8, 4) is 11.5 Å². The van der Waals surface area contributed by atoms with Gasteiger partial charge in [0.15, 0.2) is 6.61 Å². The molecular formula is C31H38N2O4. The maximum Gasteiger partial charge on any atom is 0.261 e. The minimum atomic E-state index is -0.706. The van der Waals surface area contributed by atoms with Crippen LogP contribution < -0.4 is 14.8 Å². The first-order valence-corrected chi connectivity index (χ1v) is 12.7. The van der Waals surface area contributed by atoms with Crippen molar-refractivity contribution in [3.05, 3.63) is 95.1 Å². The van der Waals surface area contributed by atoms with E-state index in [-0.39, 0.29) is 30.9 Å². The predicted molar refractivity (Wildman–Crippen MR) is 147 cm³/mol. The van der Waals surface area contributed by atoms with Gasteiger partial charge in [0.25, 0.3) is 5.91 Å². The molecule has 3 aromatic carbocycles. The summed E-state index contributed by atoms with van der Waals surface area (Å²) in [4.78, 5) is 28.9. The quantitative estimate of drug-likeness (QED) is 0.374. The Bertz CT molecular complexity index is 1180. The third-order valence-electron chi connectivity index (χ3n) is 6.35. The van der Waals surface area contributed by atoms with Gasteiger partial charge in [-0.25, -0.2) is 0 Å². The number of nitrogens with one attached hydrogen (secondary N) is 1. The van der Waals surface area contributed by atoms with Crippen LogP contribution in [0.15, 0.2) is 72.8 Å². The lowest BCUT2D eigenvalue weighted by Crippen LogP contribution is -2.52. The number of amides is 2. The molecule has 0 aliphatic carbocycles. The minimum absolute atomic E-state index is 0.170. The zero-order chi connectivity index (χ0) is 26.8. The van der Waals surface area contributed by atoms with Crippen molar-refractivity contribution in [2.75, 3.05) is 20.3 Å². The molecule has 0 fully saturated rings. The van der Waals surface area contributed by atoms with E-state index in [4.69, 9.17) is 9.47 Å². The van der Waals surface area contributed by atoms with Gasteiger partial charge in [-0.1, -0.05) is 68.4 Å². The summed E-state index contributed by atoms with van der Waals surface area (Å²) in [5.74, 6) is 1.21. The van der Waals surface area contributed by atoms with Crippen LogP contribution in [0.1, 0.15) is 36.1 Å². The van der Waals surface area contributed by atoms with Crippen molar-refractivity contribution < 1.29 is 19.1 Å². The van der Waals surface area contributed by atoms with Crippen LogP contribution in [-0.2, 0) is 22.6 Å². The van der Waals surface area contributed by atoms with Crippen molar-refractivity contribution in [1.82, 2.24) is 10.2 Å². The summed E-state index contributed by atoms with van der Waals surface area (Å²) < 4.78 is 11.4. The fourth-order valence-corrected chi connectivity index (χ4v) is 4.05. The number of rotatable bonds is 12. The van der Waals surface area contributed by atoms with E-state index >= 15 is 0 Å². The molecule has 0 saturated heterocycles. The molecule has 0 aliphatic heterocycles. The zero-order valence-electron chi connectivity index (χ0n) is 22.5. The van der Waals surface area contributed by atoms with Gasteiger partial charge in [0, 0.05) is 19.5 Å². The van der Waals surface area contributed by atoms with Gasteiger partial charge >= 0.3 is 0 Å². The van der Waals surface area contributed by atoms with Crippen molar-refractivity contribution in [2.45, 2.75) is 46.7 Å². The SMILES string of the molecule is COc1cccc(CN(C(=O)COc2cccc(C)c2C)[C@@H](Cc2ccccc2)C(=O)NCC(C)C)c1. The molecule has 0 spiro atoms. The van der Waals surface area contributed by atoms with Gasteiger partial charge in [-0.15, -0.1) is 0 Å². The average molecular weight is 503 g/mol. The Balaban J connectivity index is 1.93. The number of carbonyl (C=O) groups is 2. The molecule has 0 saturated carbocycles. The van der Waals surface area contributed by atoms with E-state index in [2.05, 4.69) is 5.32 Å². The smallest absolute Gasteiger partial charge is 0.261 e. The molecule has 1 atom stereocenters. The van der Waals surface area contributed by atoms with Crippen LogP contribution in [0.2, 0.25) is 0 Å². The Morgan fingerprint density at radius 3 is 2.32 bits per heavy atom. The molecule has 196 valence electrons. The van der Waals surface area contributed by atoms with Crippen LogP contribution in [0.3, 0.4) is 0 Å². The van der Waals surface area contributed by atoms with E-state index in [1.165, 1.54) is 0 Å². The molecule has 0 bridgehead atoms. The standard InChI is InChI=1S/C31H38N2O4/c1-22(2)19-32-31(35)28(18-25-12-7-6-8-13-25)33(20-26-14-10-15-27(17-26)36-5)30(34)21-37-29-16-9-11-23(3)24(29)4/h6-17,22,28H,18-21H2,1-5H3,(H,32,35)/t28-/m0/s1. The summed E-state index contributed by atoms with van der Waals surface area (Å²) >= 11 is 0. The molecule has 0 radical (unpaired) electrons. The molecule has 6 heteroatoms. The van der Waals surface area contributed by atoms with E-state index in [0.29, 0.717) is 24.5 Å². The number of nitrogens with zero attached hydrogens (tertiary/aromatic N) is 1. The van der Waals surface area contributed by atoms with Gasteiger partial charge in [-0.3, -0.25) is 9.59 Å². The second-order valence-corrected chi connectivity index (χ2v) is 9.70. The van der Waals surface area contributed by atoms with Gasteiger partial charge in [-0.2, -0.15) is 0 Å². The monoisotopic (exact) mass is 502 g/mol. The topological polar surface area (TPSA) is 67.9 Å². The van der Waals surface area contributed by atoms with Gasteiger partial charge in [0.05, 0.1) is 7.11 Å². The number of benzene rings is 3.